The molecule has 2 aliphatic carbocycles. The van der Waals surface area contributed by atoms with E-state index in [2.05, 4.69) is 0 Å². The van der Waals surface area contributed by atoms with Crippen LogP contribution in [-0.2, 0) is 17.9 Å². The van der Waals surface area contributed by atoms with Gasteiger partial charge in [-0.05, 0) is 24.3 Å². The van der Waals surface area contributed by atoms with Gasteiger partial charge in [0.1, 0.15) is 23.5 Å². The second-order valence-corrected chi connectivity index (χ2v) is 6.87. The van der Waals surface area contributed by atoms with E-state index in [1.807, 2.05) is 0 Å². The van der Waals surface area contributed by atoms with Crippen LogP contribution in [-0.4, -0.2) is 17.2 Å². The lowest BCUT2D eigenvalue weighted by Gasteiger charge is -2.37. The molecule has 2 aromatic rings. The lowest BCUT2D eigenvalue weighted by molar-refractivity contribution is -0.291. The number of hydrogen-bond donors (Lipinski definition) is 1. The van der Waals surface area contributed by atoms with Crippen molar-refractivity contribution >= 4 is 0 Å². The van der Waals surface area contributed by atoms with Gasteiger partial charge in [0.2, 0.25) is 0 Å². The summed E-state index contributed by atoms with van der Waals surface area (Å²) in [6.07, 6.45) is -3.73. The van der Waals surface area contributed by atoms with Crippen molar-refractivity contribution in [3.05, 3.63) is 58.4 Å². The van der Waals surface area contributed by atoms with Crippen molar-refractivity contribution in [1.29, 1.82) is 5.26 Å². The Morgan fingerprint density at radius 2 is 1.86 bits per heavy atom. The van der Waals surface area contributed by atoms with Gasteiger partial charge in [-0.15, -0.1) is 0 Å². The molecule has 0 saturated heterocycles. The number of aliphatic hydroxyl groups is 1. The third-order valence-electron chi connectivity index (χ3n) is 5.11. The van der Waals surface area contributed by atoms with Crippen LogP contribution in [0.25, 0.3) is 0 Å². The largest absolute Gasteiger partial charge is 0.457 e. The van der Waals surface area contributed by atoms with E-state index >= 15 is 0 Å². The van der Waals surface area contributed by atoms with E-state index in [-0.39, 0.29) is 22.6 Å². The molecule has 0 spiro atoms. The Bertz CT molecular complexity index is 1030. The van der Waals surface area contributed by atoms with Crippen LogP contribution in [0.15, 0.2) is 30.3 Å². The van der Waals surface area contributed by atoms with Gasteiger partial charge >= 0.3 is 11.8 Å². The fraction of sp³-hybridized carbons (Fsp3) is 0.316. The van der Waals surface area contributed by atoms with E-state index in [1.165, 1.54) is 0 Å². The molecule has 0 fully saturated rings. The van der Waals surface area contributed by atoms with Crippen LogP contribution < -0.4 is 4.74 Å². The molecule has 2 atom stereocenters. The molecule has 1 N–H and O–H groups in total. The zero-order valence-corrected chi connectivity index (χ0v) is 13.9. The Labute approximate surface area is 154 Å². The van der Waals surface area contributed by atoms with Crippen molar-refractivity contribution < 1.29 is 36.2 Å². The topological polar surface area (TPSA) is 53.2 Å². The Morgan fingerprint density at radius 3 is 2.54 bits per heavy atom. The smallest absolute Gasteiger partial charge is 0.346 e. The van der Waals surface area contributed by atoms with E-state index in [0.717, 1.165) is 24.3 Å². The Kier molecular flexibility index (Phi) is 3.75. The van der Waals surface area contributed by atoms with E-state index in [1.54, 1.807) is 6.07 Å². The highest BCUT2D eigenvalue weighted by atomic mass is 19.3. The van der Waals surface area contributed by atoms with Gasteiger partial charge in [0.05, 0.1) is 11.6 Å². The normalized spacial score (nSPS) is 26.4. The summed E-state index contributed by atoms with van der Waals surface area (Å²) in [5, 5.41) is 19.3. The number of ether oxygens (including phenoxy) is 1. The van der Waals surface area contributed by atoms with Crippen LogP contribution in [0, 0.1) is 17.1 Å². The molecule has 4 rings (SSSR count). The zero-order chi connectivity index (χ0) is 20.5. The van der Waals surface area contributed by atoms with Gasteiger partial charge in [-0.1, -0.05) is 0 Å². The van der Waals surface area contributed by atoms with Crippen molar-refractivity contribution in [1.82, 2.24) is 0 Å². The fourth-order valence-corrected chi connectivity index (χ4v) is 3.90. The number of nitrogens with zero attached hydrogens (tertiary/aromatic N) is 1. The van der Waals surface area contributed by atoms with Gasteiger partial charge in [0, 0.05) is 35.6 Å². The van der Waals surface area contributed by atoms with E-state index in [9.17, 15) is 31.4 Å². The summed E-state index contributed by atoms with van der Waals surface area (Å²) in [4.78, 5) is 0. The summed E-state index contributed by atoms with van der Waals surface area (Å²) >= 11 is 0. The number of nitriles is 1. The summed E-state index contributed by atoms with van der Waals surface area (Å²) in [5.74, 6) is -10.9. The maximum Gasteiger partial charge on any atom is 0.346 e. The molecule has 0 saturated carbocycles. The third kappa shape index (κ3) is 2.27. The third-order valence-corrected chi connectivity index (χ3v) is 5.11. The number of benzene rings is 2. The van der Waals surface area contributed by atoms with Crippen LogP contribution >= 0.6 is 0 Å². The van der Waals surface area contributed by atoms with E-state index in [0.29, 0.717) is 6.07 Å². The molecule has 2 aromatic carbocycles. The van der Waals surface area contributed by atoms with Crippen molar-refractivity contribution in [3.8, 4) is 17.6 Å². The first-order chi connectivity index (χ1) is 13.0. The standard InChI is InChI=1S/C19H11F6NO2/c20-10-3-9(8-26)4-12(5-10)28-15-2-1-14-16-13(15)6-11(21)7-17(16,27)19(24,25)18(14,22)23/h1-5,11,27H,6-7H2. The zero-order valence-electron chi connectivity index (χ0n) is 13.9. The minimum atomic E-state index is -4.91. The molecule has 3 nitrogen and oxygen atoms in total. The predicted molar refractivity (Wildman–Crippen MR) is 83.6 cm³/mol. The van der Waals surface area contributed by atoms with Crippen LogP contribution in [0.1, 0.15) is 28.7 Å². The lowest BCUT2D eigenvalue weighted by Crippen LogP contribution is -2.51. The van der Waals surface area contributed by atoms with Gasteiger partial charge in [-0.3, -0.25) is 0 Å². The second-order valence-electron chi connectivity index (χ2n) is 6.87. The summed E-state index contributed by atoms with van der Waals surface area (Å²) in [7, 11) is 0. The number of alkyl halides is 5. The van der Waals surface area contributed by atoms with Crippen LogP contribution in [0.5, 0.6) is 11.5 Å². The monoisotopic (exact) mass is 399 g/mol. The summed E-state index contributed by atoms with van der Waals surface area (Å²) in [6, 6.07) is 6.30. The molecule has 2 unspecified atom stereocenters. The van der Waals surface area contributed by atoms with Crippen LogP contribution in [0.3, 0.4) is 0 Å². The van der Waals surface area contributed by atoms with Gasteiger partial charge < -0.3 is 9.84 Å². The first kappa shape index (κ1) is 18.6. The maximum atomic E-state index is 14.4. The van der Waals surface area contributed by atoms with E-state index in [4.69, 9.17) is 10.00 Å². The molecule has 2 aliphatic rings. The van der Waals surface area contributed by atoms with E-state index < -0.39 is 53.4 Å². The molecular formula is C19H11F6NO2. The van der Waals surface area contributed by atoms with Gasteiger partial charge in [-0.2, -0.15) is 22.8 Å². The Hall–Kier alpha value is -2.73. The summed E-state index contributed by atoms with van der Waals surface area (Å²) in [5.41, 5.74) is -5.67. The lowest BCUT2D eigenvalue weighted by atomic mass is 9.77. The minimum absolute atomic E-state index is 0.0947. The van der Waals surface area contributed by atoms with Crippen molar-refractivity contribution in [3.63, 3.8) is 0 Å². The summed E-state index contributed by atoms with van der Waals surface area (Å²) in [6.45, 7) is 0. The van der Waals surface area contributed by atoms with Gasteiger partial charge in [0.15, 0.2) is 5.60 Å². The number of hydrogen-bond acceptors (Lipinski definition) is 3. The Balaban J connectivity index is 1.89. The number of rotatable bonds is 2. The predicted octanol–water partition coefficient (Wildman–Crippen LogP) is 4.70. The number of halogens is 6. The quantitative estimate of drug-likeness (QED) is 0.745. The van der Waals surface area contributed by atoms with Gasteiger partial charge in [0.25, 0.3) is 0 Å². The van der Waals surface area contributed by atoms with Crippen LogP contribution in [0.4, 0.5) is 26.3 Å². The SMILES string of the molecule is N#Cc1cc(F)cc(Oc2ccc3c4c2CC(F)CC4(O)C(F)(F)C3(F)F)c1. The molecular weight excluding hydrogens is 388 g/mol. The maximum absolute atomic E-state index is 14.4. The molecule has 0 amide bonds. The fourth-order valence-electron chi connectivity index (χ4n) is 3.90. The molecule has 0 bridgehead atoms. The molecule has 0 heterocycles. The molecule has 9 heteroatoms. The second kappa shape index (κ2) is 5.64. The molecule has 0 aromatic heterocycles. The molecule has 0 radical (unpaired) electrons. The molecule has 146 valence electrons. The molecule has 0 aliphatic heterocycles. The highest BCUT2D eigenvalue weighted by molar-refractivity contribution is 5.58. The first-order valence-corrected chi connectivity index (χ1v) is 8.18. The summed E-state index contributed by atoms with van der Waals surface area (Å²) < 4.78 is 90.5. The van der Waals surface area contributed by atoms with Crippen molar-refractivity contribution in [2.24, 2.45) is 0 Å². The van der Waals surface area contributed by atoms with Crippen molar-refractivity contribution in [2.45, 2.75) is 36.5 Å². The molecule has 28 heavy (non-hydrogen) atoms. The highest BCUT2D eigenvalue weighted by Gasteiger charge is 2.77. The average molecular weight is 399 g/mol. The van der Waals surface area contributed by atoms with Crippen molar-refractivity contribution in [2.75, 3.05) is 0 Å². The van der Waals surface area contributed by atoms with Gasteiger partial charge in [-0.25, -0.2) is 8.78 Å². The average Bonchev–Trinajstić information content (AvgIpc) is 2.72. The first-order valence-electron chi connectivity index (χ1n) is 8.18. The Morgan fingerprint density at radius 1 is 1.14 bits per heavy atom. The van der Waals surface area contributed by atoms with Crippen LogP contribution in [0.2, 0.25) is 0 Å². The minimum Gasteiger partial charge on any atom is -0.457 e. The highest BCUT2D eigenvalue weighted by Crippen LogP contribution is 2.65.